The number of likely N-dealkylation sites (tertiary alicyclic amines) is 1. The molecule has 5 atom stereocenters. The SMILES string of the molecule is C=CCN(C(=O)C1N(CCCO)C(=O)[C@@H]2[C@H](C(=O)O)[C@]3(C)CCC12S3)c1c(C)cccc1Cl. The maximum atomic E-state index is 14.3. The number of hydrogen-bond donors (Lipinski definition) is 2. The fourth-order valence-electron chi connectivity index (χ4n) is 6.10. The van der Waals surface area contributed by atoms with Crippen LogP contribution in [0.15, 0.2) is 30.9 Å². The third-order valence-electron chi connectivity index (χ3n) is 7.37. The number of carbonyl (C=O) groups is 3. The molecule has 4 rings (SSSR count). The predicted octanol–water partition coefficient (Wildman–Crippen LogP) is 3.12. The quantitative estimate of drug-likeness (QED) is 0.541. The highest BCUT2D eigenvalue weighted by Gasteiger charge is 2.77. The molecule has 2 bridgehead atoms. The van der Waals surface area contributed by atoms with Gasteiger partial charge in [0.1, 0.15) is 6.04 Å². The number of aliphatic carboxylic acids is 1. The Hall–Kier alpha value is -2.03. The van der Waals surface area contributed by atoms with Crippen molar-refractivity contribution in [1.82, 2.24) is 4.90 Å². The molecule has 33 heavy (non-hydrogen) atoms. The lowest BCUT2D eigenvalue weighted by Gasteiger charge is -2.37. The van der Waals surface area contributed by atoms with Crippen LogP contribution < -0.4 is 4.90 Å². The Morgan fingerprint density at radius 3 is 2.73 bits per heavy atom. The molecule has 1 aromatic rings. The number of anilines is 1. The van der Waals surface area contributed by atoms with Crippen molar-refractivity contribution in [3.63, 3.8) is 0 Å². The van der Waals surface area contributed by atoms with Gasteiger partial charge < -0.3 is 20.0 Å². The number of hydrogen-bond acceptors (Lipinski definition) is 5. The van der Waals surface area contributed by atoms with Gasteiger partial charge in [-0.15, -0.1) is 18.3 Å². The minimum absolute atomic E-state index is 0.129. The summed E-state index contributed by atoms with van der Waals surface area (Å²) in [5.41, 5.74) is 1.38. The van der Waals surface area contributed by atoms with Gasteiger partial charge in [-0.25, -0.2) is 0 Å². The number of thioether (sulfide) groups is 1. The second-order valence-electron chi connectivity index (χ2n) is 9.32. The molecule has 178 valence electrons. The summed E-state index contributed by atoms with van der Waals surface area (Å²) in [4.78, 5) is 43.3. The number of nitrogens with zero attached hydrogens (tertiary/aromatic N) is 2. The van der Waals surface area contributed by atoms with Crippen molar-refractivity contribution in [2.24, 2.45) is 11.8 Å². The number of halogens is 1. The number of para-hydroxylation sites is 1. The van der Waals surface area contributed by atoms with Crippen molar-refractivity contribution in [1.29, 1.82) is 0 Å². The molecule has 2 unspecified atom stereocenters. The molecule has 3 heterocycles. The van der Waals surface area contributed by atoms with Gasteiger partial charge in [0.15, 0.2) is 0 Å². The Labute approximate surface area is 202 Å². The Kier molecular flexibility index (Phi) is 6.31. The maximum absolute atomic E-state index is 14.3. The number of carboxylic acid groups (broad SMARTS) is 1. The van der Waals surface area contributed by atoms with E-state index in [1.54, 1.807) is 17.0 Å². The molecule has 0 aromatic heterocycles. The molecule has 0 radical (unpaired) electrons. The smallest absolute Gasteiger partial charge is 0.308 e. The molecule has 9 heteroatoms. The first-order valence-corrected chi connectivity index (χ1v) is 12.3. The van der Waals surface area contributed by atoms with Gasteiger partial charge >= 0.3 is 5.97 Å². The van der Waals surface area contributed by atoms with Gasteiger partial charge in [0.2, 0.25) is 5.91 Å². The van der Waals surface area contributed by atoms with E-state index in [1.165, 1.54) is 16.7 Å². The van der Waals surface area contributed by atoms with Crippen molar-refractivity contribution >= 4 is 46.8 Å². The van der Waals surface area contributed by atoms with Gasteiger partial charge in [0.05, 0.1) is 27.3 Å². The van der Waals surface area contributed by atoms with E-state index in [9.17, 15) is 24.6 Å². The summed E-state index contributed by atoms with van der Waals surface area (Å²) < 4.78 is -1.42. The lowest BCUT2D eigenvalue weighted by molar-refractivity contribution is -0.150. The highest BCUT2D eigenvalue weighted by atomic mass is 35.5. The third kappa shape index (κ3) is 3.49. The molecule has 3 fully saturated rings. The molecule has 0 aliphatic carbocycles. The van der Waals surface area contributed by atoms with Gasteiger partial charge in [0, 0.05) is 24.4 Å². The van der Waals surface area contributed by atoms with Gasteiger partial charge in [-0.05, 0) is 44.7 Å². The molecule has 1 spiro atoms. The van der Waals surface area contributed by atoms with Crippen molar-refractivity contribution in [2.45, 2.75) is 48.6 Å². The Bertz CT molecular complexity index is 998. The van der Waals surface area contributed by atoms with E-state index in [4.69, 9.17) is 11.6 Å². The molecular formula is C24H29ClN2O5S. The standard InChI is InChI=1S/C24H29ClN2O5S/c1-4-11-26(18-14(2)7-5-8-15(18)25)21(30)19-24-10-9-23(3,33-24)17(22(31)32)16(24)20(29)27(19)12-6-13-28/h4-5,7-8,16-17,19,28H,1,6,9-13H2,2-3H3,(H,31,32)/t16-,17+,19?,23-,24?/m0/s1. The lowest BCUT2D eigenvalue weighted by atomic mass is 9.66. The number of fused-ring (bicyclic) bond motifs is 1. The van der Waals surface area contributed by atoms with E-state index in [2.05, 4.69) is 6.58 Å². The number of aliphatic hydroxyl groups is 1. The molecule has 1 aromatic carbocycles. The summed E-state index contributed by atoms with van der Waals surface area (Å²) in [6.45, 7) is 7.83. The molecule has 3 saturated heterocycles. The number of carboxylic acids is 1. The third-order valence-corrected chi connectivity index (χ3v) is 9.66. The van der Waals surface area contributed by atoms with Crippen molar-refractivity contribution < 1.29 is 24.6 Å². The molecule has 7 nitrogen and oxygen atoms in total. The molecule has 3 aliphatic heterocycles. The highest BCUT2D eigenvalue weighted by molar-refractivity contribution is 8.02. The fraction of sp³-hybridized carbons (Fsp3) is 0.542. The summed E-state index contributed by atoms with van der Waals surface area (Å²) in [7, 11) is 0. The van der Waals surface area contributed by atoms with Crippen molar-refractivity contribution in [3.05, 3.63) is 41.4 Å². The van der Waals surface area contributed by atoms with E-state index in [0.717, 1.165) is 5.56 Å². The van der Waals surface area contributed by atoms with Crippen LogP contribution in [0.3, 0.4) is 0 Å². The first-order valence-electron chi connectivity index (χ1n) is 11.1. The molecule has 2 amide bonds. The number of aliphatic hydroxyl groups excluding tert-OH is 1. The number of benzene rings is 1. The van der Waals surface area contributed by atoms with Gasteiger partial charge in [-0.2, -0.15) is 0 Å². The molecule has 0 saturated carbocycles. The van der Waals surface area contributed by atoms with Crippen LogP contribution in [0.2, 0.25) is 5.02 Å². The van der Waals surface area contributed by atoms with Crippen LogP contribution in [0.4, 0.5) is 5.69 Å². The first kappa shape index (κ1) is 24.1. The van der Waals surface area contributed by atoms with Crippen LogP contribution in [0.5, 0.6) is 0 Å². The minimum Gasteiger partial charge on any atom is -0.481 e. The number of amides is 2. The molecule has 3 aliphatic rings. The van der Waals surface area contributed by atoms with Crippen LogP contribution in [-0.4, -0.2) is 68.1 Å². The fourth-order valence-corrected chi connectivity index (χ4v) is 8.76. The van der Waals surface area contributed by atoms with Crippen molar-refractivity contribution in [2.75, 3.05) is 24.6 Å². The lowest BCUT2D eigenvalue weighted by Crippen LogP contribution is -2.55. The zero-order chi connectivity index (χ0) is 24.1. The van der Waals surface area contributed by atoms with Crippen LogP contribution >= 0.6 is 23.4 Å². The summed E-state index contributed by atoms with van der Waals surface area (Å²) in [5.74, 6) is -3.22. The monoisotopic (exact) mass is 492 g/mol. The van der Waals surface area contributed by atoms with Gasteiger partial charge in [-0.3, -0.25) is 14.4 Å². The normalized spacial score (nSPS) is 32.2. The van der Waals surface area contributed by atoms with E-state index in [1.807, 2.05) is 26.0 Å². The summed E-state index contributed by atoms with van der Waals surface area (Å²) in [6.07, 6.45) is 3.14. The van der Waals surface area contributed by atoms with Crippen LogP contribution in [0, 0.1) is 18.8 Å². The first-order chi connectivity index (χ1) is 15.6. The van der Waals surface area contributed by atoms with Gasteiger partial charge in [0.25, 0.3) is 5.91 Å². The summed E-state index contributed by atoms with van der Waals surface area (Å²) in [5, 5.41) is 19.9. The van der Waals surface area contributed by atoms with E-state index in [0.29, 0.717) is 30.0 Å². The molecule has 2 N–H and O–H groups in total. The second kappa shape index (κ2) is 8.64. The predicted molar refractivity (Wildman–Crippen MR) is 129 cm³/mol. The average molecular weight is 493 g/mol. The average Bonchev–Trinajstić information content (AvgIpc) is 3.31. The van der Waals surface area contributed by atoms with E-state index < -0.39 is 33.3 Å². The topological polar surface area (TPSA) is 98.2 Å². The second-order valence-corrected chi connectivity index (χ2v) is 11.6. The Morgan fingerprint density at radius 1 is 1.39 bits per heavy atom. The zero-order valence-electron chi connectivity index (χ0n) is 18.8. The maximum Gasteiger partial charge on any atom is 0.308 e. The van der Waals surface area contributed by atoms with Crippen LogP contribution in [0.25, 0.3) is 0 Å². The van der Waals surface area contributed by atoms with Crippen LogP contribution in [0.1, 0.15) is 31.7 Å². The van der Waals surface area contributed by atoms with Crippen LogP contribution in [-0.2, 0) is 14.4 Å². The Balaban J connectivity index is 1.84. The van der Waals surface area contributed by atoms with E-state index >= 15 is 0 Å². The minimum atomic E-state index is -0.995. The number of carbonyl (C=O) groups excluding carboxylic acids is 2. The zero-order valence-corrected chi connectivity index (χ0v) is 20.4. The van der Waals surface area contributed by atoms with E-state index in [-0.39, 0.29) is 31.5 Å². The number of rotatable bonds is 8. The van der Waals surface area contributed by atoms with Gasteiger partial charge in [-0.1, -0.05) is 29.8 Å². The summed E-state index contributed by atoms with van der Waals surface area (Å²) in [6, 6.07) is 4.56. The number of aryl methyl sites for hydroxylation is 1. The Morgan fingerprint density at radius 2 is 2.12 bits per heavy atom. The van der Waals surface area contributed by atoms with Crippen molar-refractivity contribution in [3.8, 4) is 0 Å². The summed E-state index contributed by atoms with van der Waals surface area (Å²) >= 11 is 8.00. The molecular weight excluding hydrogens is 464 g/mol. The largest absolute Gasteiger partial charge is 0.481 e. The highest BCUT2D eigenvalue weighted by Crippen LogP contribution is 2.71.